The highest BCUT2D eigenvalue weighted by atomic mass is 19.1. The molecule has 2 aromatic carbocycles. The van der Waals surface area contributed by atoms with Crippen LogP contribution in [0.2, 0.25) is 0 Å². The van der Waals surface area contributed by atoms with Gasteiger partial charge in [-0.3, -0.25) is 0 Å². The van der Waals surface area contributed by atoms with E-state index in [1.165, 1.54) is 30.6 Å². The van der Waals surface area contributed by atoms with Crippen LogP contribution in [0.3, 0.4) is 0 Å². The van der Waals surface area contributed by atoms with Crippen LogP contribution in [0.25, 0.3) is 11.3 Å². The first kappa shape index (κ1) is 12.2. The Labute approximate surface area is 114 Å². The average molecular weight is 267 g/mol. The predicted octanol–water partition coefficient (Wildman–Crippen LogP) is 3.47. The number of benzene rings is 2. The van der Waals surface area contributed by atoms with Crippen molar-refractivity contribution in [2.24, 2.45) is 0 Å². The fourth-order valence-electron chi connectivity index (χ4n) is 1.74. The largest absolute Gasteiger partial charge is 0.436 e. The van der Waals surface area contributed by atoms with E-state index in [-0.39, 0.29) is 11.7 Å². The van der Waals surface area contributed by atoms with Crippen LogP contribution in [-0.2, 0) is 0 Å². The molecular weight excluding hydrogens is 257 g/mol. The molecule has 0 aliphatic carbocycles. The van der Waals surface area contributed by atoms with E-state index < -0.39 is 0 Å². The molecule has 0 fully saturated rings. The van der Waals surface area contributed by atoms with Crippen LogP contribution < -0.4 is 4.74 Å². The quantitative estimate of drug-likeness (QED) is 0.729. The lowest BCUT2D eigenvalue weighted by Gasteiger charge is -2.08. The van der Waals surface area contributed by atoms with Crippen molar-refractivity contribution >= 4 is 0 Å². The molecule has 0 aliphatic rings. The topological polar surface area (TPSA) is 47.9 Å². The third kappa shape index (κ3) is 2.61. The molecule has 0 atom stereocenters. The Balaban J connectivity index is 1.96. The third-order valence-corrected chi connectivity index (χ3v) is 2.66. The maximum atomic E-state index is 12.9. The highest BCUT2D eigenvalue weighted by Crippen LogP contribution is 2.28. The summed E-state index contributed by atoms with van der Waals surface area (Å²) in [5.74, 6) is 0.439. The summed E-state index contributed by atoms with van der Waals surface area (Å²) >= 11 is 0. The molecule has 5 heteroatoms. The minimum atomic E-state index is -0.321. The molecule has 4 nitrogen and oxygen atoms in total. The minimum Gasteiger partial charge on any atom is -0.436 e. The summed E-state index contributed by atoms with van der Waals surface area (Å²) in [4.78, 5) is 4.19. The zero-order valence-corrected chi connectivity index (χ0v) is 10.4. The van der Waals surface area contributed by atoms with Gasteiger partial charge in [-0.1, -0.05) is 30.3 Å². The van der Waals surface area contributed by atoms with Crippen molar-refractivity contribution in [3.63, 3.8) is 0 Å². The summed E-state index contributed by atoms with van der Waals surface area (Å²) in [6, 6.07) is 15.2. The van der Waals surface area contributed by atoms with E-state index in [1.807, 2.05) is 30.3 Å². The van der Waals surface area contributed by atoms with E-state index in [1.54, 1.807) is 0 Å². The molecule has 20 heavy (non-hydrogen) atoms. The normalized spacial score (nSPS) is 10.2. The molecular formula is C15H10FN3O. The van der Waals surface area contributed by atoms with Gasteiger partial charge in [0.1, 0.15) is 23.6 Å². The summed E-state index contributed by atoms with van der Waals surface area (Å²) < 4.78 is 18.5. The van der Waals surface area contributed by atoms with Gasteiger partial charge in [0.2, 0.25) is 0 Å². The molecule has 0 aliphatic heterocycles. The molecule has 0 saturated carbocycles. The maximum Gasteiger partial charge on any atom is 0.265 e. The minimum absolute atomic E-state index is 0.283. The summed E-state index contributed by atoms with van der Waals surface area (Å²) in [5, 5.41) is 7.67. The second-order valence-corrected chi connectivity index (χ2v) is 4.04. The molecule has 0 amide bonds. The first-order valence-electron chi connectivity index (χ1n) is 5.99. The zero-order chi connectivity index (χ0) is 13.8. The molecule has 1 heterocycles. The van der Waals surface area contributed by atoms with E-state index in [2.05, 4.69) is 15.2 Å². The van der Waals surface area contributed by atoms with Gasteiger partial charge in [-0.05, 0) is 24.3 Å². The van der Waals surface area contributed by atoms with Gasteiger partial charge in [0, 0.05) is 5.56 Å². The standard InChI is InChI=1S/C15H10FN3O/c16-12-6-8-13(9-7-12)20-15-14(17-10-18-19-15)11-4-2-1-3-5-11/h1-10H. The Kier molecular flexibility index (Phi) is 3.33. The lowest BCUT2D eigenvalue weighted by molar-refractivity contribution is 0.452. The average Bonchev–Trinajstić information content (AvgIpc) is 2.51. The Morgan fingerprint density at radius 1 is 0.900 bits per heavy atom. The van der Waals surface area contributed by atoms with Crippen LogP contribution in [0.15, 0.2) is 60.9 Å². The Morgan fingerprint density at radius 2 is 1.65 bits per heavy atom. The van der Waals surface area contributed by atoms with Gasteiger partial charge in [0.25, 0.3) is 5.88 Å². The van der Waals surface area contributed by atoms with Crippen LogP contribution in [0.5, 0.6) is 11.6 Å². The predicted molar refractivity (Wildman–Crippen MR) is 71.7 cm³/mol. The molecule has 0 unspecified atom stereocenters. The van der Waals surface area contributed by atoms with Crippen LogP contribution in [0.1, 0.15) is 0 Å². The van der Waals surface area contributed by atoms with Crippen LogP contribution in [0.4, 0.5) is 4.39 Å². The molecule has 0 bridgehead atoms. The number of hydrogen-bond acceptors (Lipinski definition) is 4. The number of nitrogens with zero attached hydrogens (tertiary/aromatic N) is 3. The van der Waals surface area contributed by atoms with E-state index in [0.29, 0.717) is 11.4 Å². The Bertz CT molecular complexity index is 702. The van der Waals surface area contributed by atoms with Gasteiger partial charge < -0.3 is 4.74 Å². The Morgan fingerprint density at radius 3 is 2.40 bits per heavy atom. The number of ether oxygens (including phenoxy) is 1. The first-order valence-corrected chi connectivity index (χ1v) is 5.99. The van der Waals surface area contributed by atoms with Crippen molar-refractivity contribution in [2.75, 3.05) is 0 Å². The summed E-state index contributed by atoms with van der Waals surface area (Å²) in [5.41, 5.74) is 1.46. The monoisotopic (exact) mass is 267 g/mol. The van der Waals surface area contributed by atoms with Crippen molar-refractivity contribution < 1.29 is 9.13 Å². The number of halogens is 1. The van der Waals surface area contributed by atoms with Gasteiger partial charge in [0.15, 0.2) is 0 Å². The lowest BCUT2D eigenvalue weighted by Crippen LogP contribution is -1.96. The molecule has 3 aromatic rings. The second-order valence-electron chi connectivity index (χ2n) is 4.04. The first-order chi connectivity index (χ1) is 9.83. The van der Waals surface area contributed by atoms with Gasteiger partial charge in [-0.25, -0.2) is 9.37 Å². The SMILES string of the molecule is Fc1ccc(Oc2nncnc2-c2ccccc2)cc1. The van der Waals surface area contributed by atoms with Gasteiger partial charge >= 0.3 is 0 Å². The van der Waals surface area contributed by atoms with E-state index in [9.17, 15) is 4.39 Å². The van der Waals surface area contributed by atoms with Crippen molar-refractivity contribution in [1.29, 1.82) is 0 Å². The van der Waals surface area contributed by atoms with Crippen molar-refractivity contribution in [3.8, 4) is 22.9 Å². The van der Waals surface area contributed by atoms with Gasteiger partial charge in [-0.15, -0.1) is 10.2 Å². The van der Waals surface area contributed by atoms with Crippen molar-refractivity contribution in [2.45, 2.75) is 0 Å². The highest BCUT2D eigenvalue weighted by molar-refractivity contribution is 5.63. The molecule has 3 rings (SSSR count). The van der Waals surface area contributed by atoms with E-state index >= 15 is 0 Å². The second kappa shape index (κ2) is 5.44. The van der Waals surface area contributed by atoms with Crippen LogP contribution in [0, 0.1) is 5.82 Å². The summed E-state index contributed by atoms with van der Waals surface area (Å²) in [6.45, 7) is 0. The number of aromatic nitrogens is 3. The van der Waals surface area contributed by atoms with Gasteiger partial charge in [-0.2, -0.15) is 0 Å². The van der Waals surface area contributed by atoms with Crippen molar-refractivity contribution in [3.05, 3.63) is 66.7 Å². The van der Waals surface area contributed by atoms with Crippen LogP contribution >= 0.6 is 0 Å². The Hall–Kier alpha value is -2.82. The van der Waals surface area contributed by atoms with Crippen LogP contribution in [-0.4, -0.2) is 15.2 Å². The summed E-state index contributed by atoms with van der Waals surface area (Å²) in [6.07, 6.45) is 1.36. The van der Waals surface area contributed by atoms with E-state index in [0.717, 1.165) is 5.56 Å². The molecule has 98 valence electrons. The fourth-order valence-corrected chi connectivity index (χ4v) is 1.74. The molecule has 0 spiro atoms. The summed E-state index contributed by atoms with van der Waals surface area (Å²) in [7, 11) is 0. The number of hydrogen-bond donors (Lipinski definition) is 0. The van der Waals surface area contributed by atoms with E-state index in [4.69, 9.17) is 4.74 Å². The lowest BCUT2D eigenvalue weighted by atomic mass is 10.1. The third-order valence-electron chi connectivity index (χ3n) is 2.66. The van der Waals surface area contributed by atoms with Crippen molar-refractivity contribution in [1.82, 2.24) is 15.2 Å². The molecule has 1 aromatic heterocycles. The fraction of sp³-hybridized carbons (Fsp3) is 0. The molecule has 0 saturated heterocycles. The zero-order valence-electron chi connectivity index (χ0n) is 10.4. The molecule has 0 N–H and O–H groups in total. The maximum absolute atomic E-state index is 12.9. The molecule has 0 radical (unpaired) electrons. The smallest absolute Gasteiger partial charge is 0.265 e. The highest BCUT2D eigenvalue weighted by Gasteiger charge is 2.10. The van der Waals surface area contributed by atoms with Gasteiger partial charge in [0.05, 0.1) is 0 Å². The number of rotatable bonds is 3.